The van der Waals surface area contributed by atoms with Gasteiger partial charge in [0, 0.05) is 15.4 Å². The molecule has 1 heterocycles. The Morgan fingerprint density at radius 2 is 2.17 bits per heavy atom. The highest BCUT2D eigenvalue weighted by Crippen LogP contribution is 2.32. The topological polar surface area (TPSA) is 12.0 Å². The lowest BCUT2D eigenvalue weighted by Gasteiger charge is -2.18. The van der Waals surface area contributed by atoms with Crippen molar-refractivity contribution in [3.05, 3.63) is 50.6 Å². The van der Waals surface area contributed by atoms with Crippen molar-refractivity contribution < 1.29 is 8.78 Å². The van der Waals surface area contributed by atoms with Crippen molar-refractivity contribution in [1.29, 1.82) is 0 Å². The molecule has 96 valence electrons. The highest BCUT2D eigenvalue weighted by atomic mass is 79.9. The summed E-state index contributed by atoms with van der Waals surface area (Å²) in [4.78, 5) is 1.13. The standard InChI is InChI=1S/C13H12BrF2NS/c1-2-11(12-4-3-5-18-12)17-13-9(14)6-8(15)7-10(13)16/h3-7,11,17H,2H2,1H3. The monoisotopic (exact) mass is 331 g/mol. The number of thiophene rings is 1. The lowest BCUT2D eigenvalue weighted by molar-refractivity contribution is 0.581. The van der Waals surface area contributed by atoms with Crippen LogP contribution in [0.4, 0.5) is 14.5 Å². The Morgan fingerprint density at radius 1 is 1.39 bits per heavy atom. The average Bonchev–Trinajstić information content (AvgIpc) is 2.81. The number of benzene rings is 1. The van der Waals surface area contributed by atoms with E-state index in [-0.39, 0.29) is 6.04 Å². The first-order chi connectivity index (χ1) is 8.61. The molecule has 1 nitrogen and oxygen atoms in total. The van der Waals surface area contributed by atoms with Crippen LogP contribution in [-0.4, -0.2) is 0 Å². The van der Waals surface area contributed by atoms with Gasteiger partial charge in [0.15, 0.2) is 0 Å². The van der Waals surface area contributed by atoms with Gasteiger partial charge in [-0.2, -0.15) is 0 Å². The zero-order valence-electron chi connectivity index (χ0n) is 9.71. The molecule has 0 saturated carbocycles. The fourth-order valence-electron chi connectivity index (χ4n) is 1.72. The number of rotatable bonds is 4. The van der Waals surface area contributed by atoms with E-state index in [0.29, 0.717) is 10.2 Å². The summed E-state index contributed by atoms with van der Waals surface area (Å²) in [7, 11) is 0. The summed E-state index contributed by atoms with van der Waals surface area (Å²) < 4.78 is 27.1. The van der Waals surface area contributed by atoms with Gasteiger partial charge < -0.3 is 5.32 Å². The summed E-state index contributed by atoms with van der Waals surface area (Å²) in [5, 5.41) is 5.10. The first kappa shape index (κ1) is 13.5. The van der Waals surface area contributed by atoms with Crippen LogP contribution in [0.5, 0.6) is 0 Å². The van der Waals surface area contributed by atoms with E-state index in [0.717, 1.165) is 17.4 Å². The Hall–Kier alpha value is -0.940. The summed E-state index contributed by atoms with van der Waals surface area (Å²) >= 11 is 4.80. The zero-order valence-corrected chi connectivity index (χ0v) is 12.1. The van der Waals surface area contributed by atoms with Crippen molar-refractivity contribution in [2.45, 2.75) is 19.4 Å². The van der Waals surface area contributed by atoms with E-state index < -0.39 is 11.6 Å². The smallest absolute Gasteiger partial charge is 0.150 e. The van der Waals surface area contributed by atoms with E-state index in [1.807, 2.05) is 24.4 Å². The summed E-state index contributed by atoms with van der Waals surface area (Å²) in [6.07, 6.45) is 0.823. The van der Waals surface area contributed by atoms with Gasteiger partial charge in [0.05, 0.1) is 11.7 Å². The van der Waals surface area contributed by atoms with Crippen LogP contribution >= 0.6 is 27.3 Å². The van der Waals surface area contributed by atoms with Gasteiger partial charge in [-0.1, -0.05) is 13.0 Å². The predicted octanol–water partition coefficient (Wildman–Crippen LogP) is 5.35. The van der Waals surface area contributed by atoms with E-state index in [2.05, 4.69) is 21.2 Å². The second-order valence-electron chi connectivity index (χ2n) is 3.87. The lowest BCUT2D eigenvalue weighted by atomic mass is 10.1. The Kier molecular flexibility index (Phi) is 4.35. The number of hydrogen-bond donors (Lipinski definition) is 1. The van der Waals surface area contributed by atoms with Crippen LogP contribution in [-0.2, 0) is 0 Å². The Labute approximate surface area is 117 Å². The third kappa shape index (κ3) is 2.90. The van der Waals surface area contributed by atoms with Gasteiger partial charge in [0.2, 0.25) is 0 Å². The van der Waals surface area contributed by atoms with Crippen molar-refractivity contribution in [2.75, 3.05) is 5.32 Å². The fourth-order valence-corrected chi connectivity index (χ4v) is 3.10. The SMILES string of the molecule is CCC(Nc1c(F)cc(F)cc1Br)c1cccs1. The van der Waals surface area contributed by atoms with E-state index in [1.165, 1.54) is 6.07 Å². The molecule has 0 fully saturated rings. The third-order valence-electron chi connectivity index (χ3n) is 2.62. The zero-order chi connectivity index (χ0) is 13.1. The third-order valence-corrected chi connectivity index (χ3v) is 4.23. The van der Waals surface area contributed by atoms with Gasteiger partial charge in [-0.15, -0.1) is 11.3 Å². The molecule has 0 aliphatic rings. The molecule has 5 heteroatoms. The molecule has 2 aromatic rings. The lowest BCUT2D eigenvalue weighted by Crippen LogP contribution is -2.10. The van der Waals surface area contributed by atoms with Gasteiger partial charge in [0.25, 0.3) is 0 Å². The minimum absolute atomic E-state index is 0.0289. The maximum absolute atomic E-state index is 13.7. The Bertz CT molecular complexity index is 505. The maximum Gasteiger partial charge on any atom is 0.150 e. The molecule has 0 bridgehead atoms. The molecule has 1 aromatic heterocycles. The van der Waals surface area contributed by atoms with Gasteiger partial charge in [-0.3, -0.25) is 0 Å². The Balaban J connectivity index is 2.28. The highest BCUT2D eigenvalue weighted by Gasteiger charge is 2.15. The summed E-state index contributed by atoms with van der Waals surface area (Å²) in [6, 6.07) is 6.13. The van der Waals surface area contributed by atoms with Gasteiger partial charge in [0.1, 0.15) is 11.6 Å². The van der Waals surface area contributed by atoms with E-state index in [9.17, 15) is 8.78 Å². The van der Waals surface area contributed by atoms with Gasteiger partial charge >= 0.3 is 0 Å². The molecule has 0 amide bonds. The maximum atomic E-state index is 13.7. The normalized spacial score (nSPS) is 12.4. The molecular formula is C13H12BrF2NS. The van der Waals surface area contributed by atoms with Crippen LogP contribution in [0.15, 0.2) is 34.1 Å². The molecule has 0 radical (unpaired) electrons. The van der Waals surface area contributed by atoms with Gasteiger partial charge in [-0.25, -0.2) is 8.78 Å². The first-order valence-corrected chi connectivity index (χ1v) is 7.23. The molecular weight excluding hydrogens is 320 g/mol. The average molecular weight is 332 g/mol. The van der Waals surface area contributed by atoms with Crippen molar-refractivity contribution >= 4 is 33.0 Å². The number of nitrogens with one attached hydrogen (secondary N) is 1. The second kappa shape index (κ2) is 5.80. The molecule has 1 atom stereocenters. The van der Waals surface area contributed by atoms with E-state index >= 15 is 0 Å². The number of anilines is 1. The Morgan fingerprint density at radius 3 is 2.72 bits per heavy atom. The summed E-state index contributed by atoms with van der Waals surface area (Å²) in [6.45, 7) is 2.02. The molecule has 18 heavy (non-hydrogen) atoms. The van der Waals surface area contributed by atoms with Crippen molar-refractivity contribution in [3.8, 4) is 0 Å². The molecule has 1 N–H and O–H groups in total. The second-order valence-corrected chi connectivity index (χ2v) is 5.70. The van der Waals surface area contributed by atoms with E-state index in [1.54, 1.807) is 11.3 Å². The highest BCUT2D eigenvalue weighted by molar-refractivity contribution is 9.10. The molecule has 1 unspecified atom stereocenters. The van der Waals surface area contributed by atoms with Crippen LogP contribution in [0.3, 0.4) is 0 Å². The van der Waals surface area contributed by atoms with Crippen LogP contribution in [0.25, 0.3) is 0 Å². The van der Waals surface area contributed by atoms with Crippen LogP contribution in [0, 0.1) is 11.6 Å². The largest absolute Gasteiger partial charge is 0.374 e. The van der Waals surface area contributed by atoms with Gasteiger partial charge in [-0.05, 0) is 39.9 Å². The predicted molar refractivity (Wildman–Crippen MR) is 75.0 cm³/mol. The first-order valence-electron chi connectivity index (χ1n) is 5.56. The van der Waals surface area contributed by atoms with E-state index in [4.69, 9.17) is 0 Å². The van der Waals surface area contributed by atoms with Crippen LogP contribution < -0.4 is 5.32 Å². The van der Waals surface area contributed by atoms with Crippen molar-refractivity contribution in [3.63, 3.8) is 0 Å². The molecule has 0 spiro atoms. The van der Waals surface area contributed by atoms with Crippen LogP contribution in [0.2, 0.25) is 0 Å². The molecule has 2 rings (SSSR count). The minimum atomic E-state index is -0.589. The number of halogens is 3. The molecule has 0 aliphatic heterocycles. The van der Waals surface area contributed by atoms with Crippen LogP contribution in [0.1, 0.15) is 24.3 Å². The summed E-state index contributed by atoms with van der Waals surface area (Å²) in [5.74, 6) is -1.18. The summed E-state index contributed by atoms with van der Waals surface area (Å²) in [5.41, 5.74) is 0.302. The molecule has 0 aliphatic carbocycles. The molecule has 0 saturated heterocycles. The quantitative estimate of drug-likeness (QED) is 0.796. The minimum Gasteiger partial charge on any atom is -0.374 e. The number of hydrogen-bond acceptors (Lipinski definition) is 2. The molecule has 1 aromatic carbocycles. The van der Waals surface area contributed by atoms with Crippen molar-refractivity contribution in [2.24, 2.45) is 0 Å². The van der Waals surface area contributed by atoms with Crippen molar-refractivity contribution in [1.82, 2.24) is 0 Å². The fraction of sp³-hybridized carbons (Fsp3) is 0.231.